The zero-order valence-electron chi connectivity index (χ0n) is 9.88. The number of aromatic nitrogens is 2. The lowest BCUT2D eigenvalue weighted by molar-refractivity contribution is -0.140. The largest absolute Gasteiger partial charge is 0.469 e. The van der Waals surface area contributed by atoms with Gasteiger partial charge < -0.3 is 4.74 Å². The van der Waals surface area contributed by atoms with Gasteiger partial charge in [-0.2, -0.15) is 5.10 Å². The highest BCUT2D eigenvalue weighted by Crippen LogP contribution is 2.37. The fourth-order valence-corrected chi connectivity index (χ4v) is 2.14. The van der Waals surface area contributed by atoms with Crippen LogP contribution in [0.5, 0.6) is 0 Å². The van der Waals surface area contributed by atoms with Gasteiger partial charge in [-0.3, -0.25) is 9.89 Å². The third-order valence-electron chi connectivity index (χ3n) is 3.40. The van der Waals surface area contributed by atoms with Crippen LogP contribution in [0.3, 0.4) is 0 Å². The molecule has 0 aliphatic heterocycles. The van der Waals surface area contributed by atoms with Crippen molar-refractivity contribution in [1.82, 2.24) is 10.2 Å². The van der Waals surface area contributed by atoms with Crippen LogP contribution in [-0.2, 0) is 16.0 Å². The first kappa shape index (κ1) is 11.2. The number of hydrogen-bond acceptors (Lipinski definition) is 3. The highest BCUT2D eigenvalue weighted by atomic mass is 16.5. The Morgan fingerprint density at radius 3 is 2.88 bits per heavy atom. The lowest BCUT2D eigenvalue weighted by Crippen LogP contribution is -2.12. The number of aromatic amines is 1. The second-order valence-corrected chi connectivity index (χ2v) is 4.42. The molecule has 0 bridgehead atoms. The summed E-state index contributed by atoms with van der Waals surface area (Å²) in [6.07, 6.45) is 4.94. The minimum atomic E-state index is -0.153. The van der Waals surface area contributed by atoms with E-state index >= 15 is 0 Å². The normalized spacial score (nSPS) is 15.9. The average Bonchev–Trinajstić information content (AvgIpc) is 2.55. The van der Waals surface area contributed by atoms with Gasteiger partial charge in [-0.1, -0.05) is 6.42 Å². The van der Waals surface area contributed by atoms with Crippen LogP contribution in [0.25, 0.3) is 0 Å². The van der Waals surface area contributed by atoms with Crippen molar-refractivity contribution < 1.29 is 9.53 Å². The Morgan fingerprint density at radius 2 is 2.31 bits per heavy atom. The van der Waals surface area contributed by atoms with Gasteiger partial charge in [0, 0.05) is 18.0 Å². The first-order valence-corrected chi connectivity index (χ1v) is 5.83. The van der Waals surface area contributed by atoms with E-state index in [0.717, 1.165) is 12.1 Å². The van der Waals surface area contributed by atoms with Crippen molar-refractivity contribution in [2.45, 2.75) is 44.9 Å². The molecule has 0 saturated heterocycles. The molecule has 0 atom stereocenters. The lowest BCUT2D eigenvalue weighted by Gasteiger charge is -2.24. The summed E-state index contributed by atoms with van der Waals surface area (Å²) in [6.45, 7) is 2.02. The van der Waals surface area contributed by atoms with Crippen LogP contribution in [0, 0.1) is 6.92 Å². The van der Waals surface area contributed by atoms with Crippen molar-refractivity contribution in [3.63, 3.8) is 0 Å². The molecule has 1 aromatic heterocycles. The quantitative estimate of drug-likeness (QED) is 0.794. The predicted molar refractivity (Wildman–Crippen MR) is 60.3 cm³/mol. The fourth-order valence-electron chi connectivity index (χ4n) is 2.14. The minimum absolute atomic E-state index is 0.153. The topological polar surface area (TPSA) is 55.0 Å². The first-order valence-electron chi connectivity index (χ1n) is 5.83. The molecule has 1 aromatic rings. The van der Waals surface area contributed by atoms with Gasteiger partial charge in [-0.15, -0.1) is 0 Å². The maximum Gasteiger partial charge on any atom is 0.305 e. The molecule has 2 rings (SSSR count). The molecule has 0 unspecified atom stereocenters. The van der Waals surface area contributed by atoms with E-state index in [0.29, 0.717) is 12.3 Å². The van der Waals surface area contributed by atoms with Crippen LogP contribution in [0.4, 0.5) is 0 Å². The number of ether oxygens (including phenoxy) is 1. The molecule has 1 fully saturated rings. The number of hydrogen-bond donors (Lipinski definition) is 1. The Morgan fingerprint density at radius 1 is 1.56 bits per heavy atom. The molecule has 1 N–H and O–H groups in total. The average molecular weight is 222 g/mol. The summed E-state index contributed by atoms with van der Waals surface area (Å²) >= 11 is 0. The highest BCUT2D eigenvalue weighted by Gasteiger charge is 2.25. The summed E-state index contributed by atoms with van der Waals surface area (Å²) in [5.41, 5.74) is 3.48. The fraction of sp³-hybridized carbons (Fsp3) is 0.667. The lowest BCUT2D eigenvalue weighted by atomic mass is 9.81. The number of carbonyl (C=O) groups is 1. The number of rotatable bonds is 4. The summed E-state index contributed by atoms with van der Waals surface area (Å²) in [7, 11) is 1.43. The molecule has 16 heavy (non-hydrogen) atoms. The summed E-state index contributed by atoms with van der Waals surface area (Å²) < 4.78 is 4.66. The molecule has 0 radical (unpaired) electrons. The second-order valence-electron chi connectivity index (χ2n) is 4.42. The van der Waals surface area contributed by atoms with Gasteiger partial charge in [-0.25, -0.2) is 0 Å². The van der Waals surface area contributed by atoms with Gasteiger partial charge in [0.25, 0.3) is 0 Å². The molecule has 0 aromatic carbocycles. The van der Waals surface area contributed by atoms with Crippen molar-refractivity contribution >= 4 is 5.97 Å². The molecule has 4 heteroatoms. The summed E-state index contributed by atoms with van der Waals surface area (Å²) in [4.78, 5) is 11.1. The first-order chi connectivity index (χ1) is 7.72. The summed E-state index contributed by atoms with van der Waals surface area (Å²) in [5.74, 6) is 0.456. The molecular weight excluding hydrogens is 204 g/mol. The molecule has 0 amide bonds. The smallest absolute Gasteiger partial charge is 0.305 e. The van der Waals surface area contributed by atoms with Crippen molar-refractivity contribution in [1.29, 1.82) is 0 Å². The molecule has 88 valence electrons. The number of H-pyrrole nitrogens is 1. The standard InChI is InChI=1S/C12H18N2O2/c1-8-10(6-7-11(15)16-2)12(14-13-8)9-4-3-5-9/h9H,3-7H2,1-2H3,(H,13,14). The van der Waals surface area contributed by atoms with Crippen LogP contribution < -0.4 is 0 Å². The third-order valence-corrected chi connectivity index (χ3v) is 3.40. The number of aryl methyl sites for hydroxylation is 1. The van der Waals surface area contributed by atoms with Gasteiger partial charge in [0.1, 0.15) is 0 Å². The summed E-state index contributed by atoms with van der Waals surface area (Å²) in [6, 6.07) is 0. The molecule has 1 aliphatic carbocycles. The van der Waals surface area contributed by atoms with Crippen molar-refractivity contribution in [2.75, 3.05) is 7.11 Å². The van der Waals surface area contributed by atoms with Gasteiger partial charge in [0.2, 0.25) is 0 Å². The van der Waals surface area contributed by atoms with E-state index in [9.17, 15) is 4.79 Å². The van der Waals surface area contributed by atoms with E-state index in [4.69, 9.17) is 0 Å². The maximum atomic E-state index is 11.1. The highest BCUT2D eigenvalue weighted by molar-refractivity contribution is 5.69. The molecular formula is C12H18N2O2. The van der Waals surface area contributed by atoms with Crippen molar-refractivity contribution in [2.24, 2.45) is 0 Å². The van der Waals surface area contributed by atoms with Crippen molar-refractivity contribution in [3.8, 4) is 0 Å². The van der Waals surface area contributed by atoms with Gasteiger partial charge >= 0.3 is 5.97 Å². The SMILES string of the molecule is COC(=O)CCc1c(C2CCC2)n[nH]c1C. The molecule has 1 aliphatic rings. The Labute approximate surface area is 95.4 Å². The minimum Gasteiger partial charge on any atom is -0.469 e. The van der Waals surface area contributed by atoms with E-state index in [2.05, 4.69) is 14.9 Å². The number of esters is 1. The monoisotopic (exact) mass is 222 g/mol. The number of carbonyl (C=O) groups excluding carboxylic acids is 1. The Hall–Kier alpha value is -1.32. The maximum absolute atomic E-state index is 11.1. The predicted octanol–water partition coefficient (Wildman–Crippen LogP) is 2.09. The number of methoxy groups -OCH3 is 1. The van der Waals surface area contributed by atoms with Crippen LogP contribution in [-0.4, -0.2) is 23.3 Å². The zero-order chi connectivity index (χ0) is 11.5. The van der Waals surface area contributed by atoms with Gasteiger partial charge in [0.05, 0.1) is 12.8 Å². The molecule has 1 saturated carbocycles. The van der Waals surface area contributed by atoms with E-state index < -0.39 is 0 Å². The van der Waals surface area contributed by atoms with E-state index in [1.165, 1.54) is 37.6 Å². The van der Waals surface area contributed by atoms with Crippen LogP contribution >= 0.6 is 0 Å². The third kappa shape index (κ3) is 2.10. The van der Waals surface area contributed by atoms with Gasteiger partial charge in [-0.05, 0) is 31.7 Å². The van der Waals surface area contributed by atoms with Crippen LogP contribution in [0.1, 0.15) is 48.6 Å². The van der Waals surface area contributed by atoms with Crippen LogP contribution in [0.2, 0.25) is 0 Å². The molecule has 4 nitrogen and oxygen atoms in total. The van der Waals surface area contributed by atoms with Gasteiger partial charge in [0.15, 0.2) is 0 Å². The van der Waals surface area contributed by atoms with Crippen molar-refractivity contribution in [3.05, 3.63) is 17.0 Å². The molecule has 0 spiro atoms. The van der Waals surface area contributed by atoms with E-state index in [1.54, 1.807) is 0 Å². The van der Waals surface area contributed by atoms with E-state index in [-0.39, 0.29) is 5.97 Å². The zero-order valence-corrected chi connectivity index (χ0v) is 9.88. The Kier molecular flexibility index (Phi) is 3.27. The summed E-state index contributed by atoms with van der Waals surface area (Å²) in [5, 5.41) is 7.39. The van der Waals surface area contributed by atoms with E-state index in [1.807, 2.05) is 6.92 Å². The Bertz CT molecular complexity index is 380. The Balaban J connectivity index is 2.06. The number of nitrogens with one attached hydrogen (secondary N) is 1. The molecule has 1 heterocycles. The second kappa shape index (κ2) is 4.68. The number of nitrogens with zero attached hydrogens (tertiary/aromatic N) is 1. The van der Waals surface area contributed by atoms with Crippen LogP contribution in [0.15, 0.2) is 0 Å².